The number of carbonyl (C=O) groups is 2. The number of hydrogen-bond acceptors (Lipinski definition) is 10. The monoisotopic (exact) mass is 622 g/mol. The van der Waals surface area contributed by atoms with E-state index in [-0.39, 0.29) is 30.8 Å². The fourth-order valence-electron chi connectivity index (χ4n) is 4.40. The Morgan fingerprint density at radius 3 is 2.63 bits per heavy atom. The van der Waals surface area contributed by atoms with E-state index in [0.717, 1.165) is 12.1 Å². The number of morpholine rings is 1. The molecular weight excluding hydrogens is 591 g/mol. The van der Waals surface area contributed by atoms with Crippen molar-refractivity contribution in [2.24, 2.45) is 0 Å². The number of ether oxygens (including phenoxy) is 4. The molecule has 1 N–H and O–H groups in total. The molecule has 1 fully saturated rings. The van der Waals surface area contributed by atoms with Crippen molar-refractivity contribution in [2.45, 2.75) is 31.1 Å². The number of esters is 1. The lowest BCUT2D eigenvalue weighted by molar-refractivity contribution is -0.142. The molecule has 13 heteroatoms. The number of nitrogens with one attached hydrogen (secondary N) is 1. The molecule has 1 aliphatic heterocycles. The minimum Gasteiger partial charge on any atom is -0.493 e. The van der Waals surface area contributed by atoms with Crippen LogP contribution < -0.4 is 14.8 Å². The Labute approximate surface area is 253 Å². The van der Waals surface area contributed by atoms with E-state index >= 15 is 0 Å². The standard InChI is InChI=1S/C28H32Cl2N4O6S/c1-4-39-27(36)12-23-19-10-24(37-2)25(38-3)11-22(19)32-28(33-23)41-16-26(35)31-13-18-15-34(7-8-40-18)14-17-5-6-20(29)21(30)9-17/h5-6,9-11,18H,4,7-8,12-16H2,1-3H3,(H,31,35). The average Bonchev–Trinajstić information content (AvgIpc) is 2.96. The van der Waals surface area contributed by atoms with E-state index < -0.39 is 5.97 Å². The number of amides is 1. The van der Waals surface area contributed by atoms with E-state index in [0.29, 0.717) is 69.5 Å². The first-order chi connectivity index (χ1) is 19.8. The summed E-state index contributed by atoms with van der Waals surface area (Å²) in [5.74, 6) is 0.501. The van der Waals surface area contributed by atoms with Crippen LogP contribution in [0.5, 0.6) is 11.5 Å². The molecule has 0 saturated carbocycles. The summed E-state index contributed by atoms with van der Waals surface area (Å²) in [5, 5.41) is 5.00. The van der Waals surface area contributed by atoms with Crippen molar-refractivity contribution in [3.05, 3.63) is 51.6 Å². The number of hydrogen-bond donors (Lipinski definition) is 1. The third-order valence-electron chi connectivity index (χ3n) is 6.35. The lowest BCUT2D eigenvalue weighted by atomic mass is 10.1. The van der Waals surface area contributed by atoms with E-state index in [1.165, 1.54) is 26.0 Å². The number of fused-ring (bicyclic) bond motifs is 1. The van der Waals surface area contributed by atoms with Crippen LogP contribution in [0.1, 0.15) is 18.2 Å². The number of halogens is 2. The van der Waals surface area contributed by atoms with Crippen LogP contribution in [0.2, 0.25) is 10.0 Å². The summed E-state index contributed by atoms with van der Waals surface area (Å²) in [7, 11) is 3.07. The Bertz CT molecular complexity index is 1400. The molecule has 3 aromatic rings. The molecule has 41 heavy (non-hydrogen) atoms. The Kier molecular flexibility index (Phi) is 11.3. The first-order valence-corrected chi connectivity index (χ1v) is 14.8. The van der Waals surface area contributed by atoms with Gasteiger partial charge < -0.3 is 24.3 Å². The zero-order valence-electron chi connectivity index (χ0n) is 23.1. The summed E-state index contributed by atoms with van der Waals surface area (Å²) < 4.78 is 21.8. The maximum atomic E-state index is 12.7. The van der Waals surface area contributed by atoms with E-state index in [1.807, 2.05) is 12.1 Å². The SMILES string of the molecule is CCOC(=O)Cc1nc(SCC(=O)NCC2CN(Cc3ccc(Cl)c(Cl)c3)CCO2)nc2cc(OC)c(OC)cc12. The van der Waals surface area contributed by atoms with Gasteiger partial charge in [-0.1, -0.05) is 41.0 Å². The molecule has 2 heterocycles. The summed E-state index contributed by atoms with van der Waals surface area (Å²) in [4.78, 5) is 36.4. The van der Waals surface area contributed by atoms with Crippen molar-refractivity contribution < 1.29 is 28.5 Å². The highest BCUT2D eigenvalue weighted by Crippen LogP contribution is 2.33. The van der Waals surface area contributed by atoms with Gasteiger partial charge in [0.2, 0.25) is 5.91 Å². The van der Waals surface area contributed by atoms with Gasteiger partial charge in [0.1, 0.15) is 0 Å². The van der Waals surface area contributed by atoms with Gasteiger partial charge >= 0.3 is 5.97 Å². The quantitative estimate of drug-likeness (QED) is 0.179. The van der Waals surface area contributed by atoms with Crippen LogP contribution in [0, 0.1) is 0 Å². The molecule has 1 saturated heterocycles. The van der Waals surface area contributed by atoms with Crippen LogP contribution >= 0.6 is 35.0 Å². The third kappa shape index (κ3) is 8.59. The fraction of sp³-hybridized carbons (Fsp3) is 0.429. The predicted octanol–water partition coefficient (Wildman–Crippen LogP) is 4.17. The average molecular weight is 624 g/mol. The molecule has 0 bridgehead atoms. The van der Waals surface area contributed by atoms with Crippen molar-refractivity contribution in [1.29, 1.82) is 0 Å². The minimum absolute atomic E-state index is 0.0418. The lowest BCUT2D eigenvalue weighted by Crippen LogP contribution is -2.47. The van der Waals surface area contributed by atoms with Crippen LogP contribution in [0.25, 0.3) is 10.9 Å². The molecule has 1 aromatic heterocycles. The minimum atomic E-state index is -0.406. The van der Waals surface area contributed by atoms with Crippen molar-refractivity contribution in [3.8, 4) is 11.5 Å². The van der Waals surface area contributed by atoms with Crippen molar-refractivity contribution in [3.63, 3.8) is 0 Å². The molecule has 0 aliphatic carbocycles. The molecule has 1 unspecified atom stereocenters. The fourth-order valence-corrected chi connectivity index (χ4v) is 5.42. The number of rotatable bonds is 12. The normalized spacial score (nSPS) is 15.5. The molecule has 1 aliphatic rings. The zero-order chi connectivity index (χ0) is 29.4. The number of benzene rings is 2. The van der Waals surface area contributed by atoms with E-state index in [1.54, 1.807) is 25.1 Å². The van der Waals surface area contributed by atoms with Gasteiger partial charge in [-0.05, 0) is 30.7 Å². The van der Waals surface area contributed by atoms with Crippen LogP contribution in [-0.4, -0.2) is 85.7 Å². The molecule has 1 amide bonds. The first kappa shape index (κ1) is 31.1. The van der Waals surface area contributed by atoms with Gasteiger partial charge in [0.15, 0.2) is 16.7 Å². The zero-order valence-corrected chi connectivity index (χ0v) is 25.4. The summed E-state index contributed by atoms with van der Waals surface area (Å²) in [6.07, 6.45) is -0.184. The van der Waals surface area contributed by atoms with E-state index in [2.05, 4.69) is 20.2 Å². The van der Waals surface area contributed by atoms with Gasteiger partial charge in [-0.3, -0.25) is 14.5 Å². The second kappa shape index (κ2) is 14.9. The van der Waals surface area contributed by atoms with Crippen molar-refractivity contribution in [2.75, 3.05) is 52.8 Å². The number of methoxy groups -OCH3 is 2. The predicted molar refractivity (Wildman–Crippen MR) is 158 cm³/mol. The topological polar surface area (TPSA) is 112 Å². The van der Waals surface area contributed by atoms with Gasteiger partial charge in [0.25, 0.3) is 0 Å². The first-order valence-electron chi connectivity index (χ1n) is 13.0. The Balaban J connectivity index is 1.36. The maximum absolute atomic E-state index is 12.7. The van der Waals surface area contributed by atoms with Crippen LogP contribution in [0.4, 0.5) is 0 Å². The van der Waals surface area contributed by atoms with Gasteiger partial charge in [-0.2, -0.15) is 0 Å². The Hall–Kier alpha value is -2.83. The third-order valence-corrected chi connectivity index (χ3v) is 7.94. The van der Waals surface area contributed by atoms with Crippen LogP contribution in [0.3, 0.4) is 0 Å². The molecule has 1 atom stereocenters. The number of thioether (sulfide) groups is 1. The Morgan fingerprint density at radius 2 is 1.90 bits per heavy atom. The lowest BCUT2D eigenvalue weighted by Gasteiger charge is -2.33. The number of aromatic nitrogens is 2. The van der Waals surface area contributed by atoms with Crippen molar-refractivity contribution >= 4 is 57.7 Å². The van der Waals surface area contributed by atoms with E-state index in [4.69, 9.17) is 42.1 Å². The highest BCUT2D eigenvalue weighted by atomic mass is 35.5. The van der Waals surface area contributed by atoms with Gasteiger partial charge in [0, 0.05) is 37.6 Å². The molecule has 2 aromatic carbocycles. The van der Waals surface area contributed by atoms with Crippen LogP contribution in [0.15, 0.2) is 35.5 Å². The van der Waals surface area contributed by atoms with E-state index in [9.17, 15) is 9.59 Å². The number of carbonyl (C=O) groups excluding carboxylic acids is 2. The van der Waals surface area contributed by atoms with Crippen LogP contribution in [-0.2, 0) is 32.0 Å². The second-order valence-electron chi connectivity index (χ2n) is 9.23. The summed E-state index contributed by atoms with van der Waals surface area (Å²) >= 11 is 13.4. The largest absolute Gasteiger partial charge is 0.493 e. The van der Waals surface area contributed by atoms with Gasteiger partial charge in [-0.25, -0.2) is 9.97 Å². The molecule has 10 nitrogen and oxygen atoms in total. The Morgan fingerprint density at radius 1 is 1.12 bits per heavy atom. The summed E-state index contributed by atoms with van der Waals surface area (Å²) in [6.45, 7) is 5.12. The molecule has 0 radical (unpaired) electrons. The summed E-state index contributed by atoms with van der Waals surface area (Å²) in [6, 6.07) is 9.07. The molecule has 0 spiro atoms. The van der Waals surface area contributed by atoms with Crippen molar-refractivity contribution in [1.82, 2.24) is 20.2 Å². The molecular formula is C28H32Cl2N4O6S. The highest BCUT2D eigenvalue weighted by molar-refractivity contribution is 7.99. The number of nitrogens with zero attached hydrogens (tertiary/aromatic N) is 3. The molecule has 4 rings (SSSR count). The maximum Gasteiger partial charge on any atom is 0.311 e. The summed E-state index contributed by atoms with van der Waals surface area (Å²) in [5.41, 5.74) is 2.11. The molecule has 220 valence electrons. The van der Waals surface area contributed by atoms with Gasteiger partial charge in [0.05, 0.1) is 67.0 Å². The smallest absolute Gasteiger partial charge is 0.311 e. The second-order valence-corrected chi connectivity index (χ2v) is 11.0. The highest BCUT2D eigenvalue weighted by Gasteiger charge is 2.22. The van der Waals surface area contributed by atoms with Gasteiger partial charge in [-0.15, -0.1) is 0 Å².